The van der Waals surface area contributed by atoms with Gasteiger partial charge in [-0.25, -0.2) is 0 Å². The summed E-state index contributed by atoms with van der Waals surface area (Å²) < 4.78 is 12.7. The van der Waals surface area contributed by atoms with Crippen LogP contribution in [-0.2, 0) is 12.1 Å². The van der Waals surface area contributed by atoms with E-state index in [1.807, 2.05) is 62.4 Å². The molecule has 4 rings (SSSR count). The van der Waals surface area contributed by atoms with Crippen molar-refractivity contribution in [2.75, 3.05) is 0 Å². The maximum Gasteiger partial charge on any atom is 0.258 e. The van der Waals surface area contributed by atoms with Crippen molar-refractivity contribution < 1.29 is 14.4 Å². The minimum atomic E-state index is -0.955. The van der Waals surface area contributed by atoms with Gasteiger partial charge >= 0.3 is 0 Å². The van der Waals surface area contributed by atoms with E-state index in [-0.39, 0.29) is 11.7 Å². The predicted octanol–water partition coefficient (Wildman–Crippen LogP) is 4.63. The molecule has 0 bridgehead atoms. The molecule has 0 saturated carbocycles. The number of benzene rings is 2. The van der Waals surface area contributed by atoms with E-state index in [1.165, 1.54) is 6.07 Å². The summed E-state index contributed by atoms with van der Waals surface area (Å²) in [6, 6.07) is 18.2. The molecular formula is C26H27N3O4. The van der Waals surface area contributed by atoms with Crippen LogP contribution in [0.15, 0.2) is 76.2 Å². The zero-order valence-electron chi connectivity index (χ0n) is 19.1. The molecular weight excluding hydrogens is 418 g/mol. The first kappa shape index (κ1) is 22.5. The summed E-state index contributed by atoms with van der Waals surface area (Å²) in [6.07, 6.45) is 1.81. The van der Waals surface area contributed by atoms with E-state index in [0.717, 1.165) is 22.4 Å². The van der Waals surface area contributed by atoms with Gasteiger partial charge in [0.05, 0.1) is 18.2 Å². The Morgan fingerprint density at radius 1 is 1.06 bits per heavy atom. The van der Waals surface area contributed by atoms with Crippen molar-refractivity contribution in [1.29, 1.82) is 0 Å². The molecule has 33 heavy (non-hydrogen) atoms. The zero-order chi connectivity index (χ0) is 23.6. The third kappa shape index (κ3) is 5.38. The Kier molecular flexibility index (Phi) is 6.16. The molecule has 0 aliphatic carbocycles. The van der Waals surface area contributed by atoms with Crippen molar-refractivity contribution in [3.63, 3.8) is 0 Å². The van der Waals surface area contributed by atoms with Crippen molar-refractivity contribution in [3.05, 3.63) is 88.3 Å². The molecule has 0 amide bonds. The van der Waals surface area contributed by atoms with Crippen LogP contribution in [0.5, 0.6) is 5.75 Å². The number of nitrogens with zero attached hydrogens (tertiary/aromatic N) is 3. The van der Waals surface area contributed by atoms with Crippen LogP contribution < -0.4 is 10.3 Å². The smallest absolute Gasteiger partial charge is 0.258 e. The molecule has 7 nitrogen and oxygen atoms in total. The average Bonchev–Trinajstić information content (AvgIpc) is 3.25. The summed E-state index contributed by atoms with van der Waals surface area (Å²) in [7, 11) is 0. The lowest BCUT2D eigenvalue weighted by Gasteiger charge is -2.18. The minimum Gasteiger partial charge on any atom is -0.491 e. The monoisotopic (exact) mass is 445 g/mol. The van der Waals surface area contributed by atoms with Gasteiger partial charge < -0.3 is 18.9 Å². The standard InChI is InChI=1S/C26H27N3O4/c1-17(2)32-22-11-8-19(9-12-22)25-27-24(28-33-25)20-10-13-23(30)29(16-20)15-18-6-5-7-21(14-18)26(3,4)31/h5-14,16-17,31H,15H2,1-4H3. The zero-order valence-corrected chi connectivity index (χ0v) is 19.1. The molecule has 0 saturated heterocycles. The predicted molar refractivity (Wildman–Crippen MR) is 126 cm³/mol. The van der Waals surface area contributed by atoms with Gasteiger partial charge in [0.2, 0.25) is 5.82 Å². The van der Waals surface area contributed by atoms with Gasteiger partial charge in [-0.1, -0.05) is 29.4 Å². The molecule has 2 aromatic carbocycles. The van der Waals surface area contributed by atoms with Crippen LogP contribution in [-0.4, -0.2) is 25.9 Å². The van der Waals surface area contributed by atoms with E-state index in [2.05, 4.69) is 10.1 Å². The van der Waals surface area contributed by atoms with Gasteiger partial charge in [-0.2, -0.15) is 4.98 Å². The fourth-order valence-corrected chi connectivity index (χ4v) is 3.44. The highest BCUT2D eigenvalue weighted by Gasteiger charge is 2.16. The van der Waals surface area contributed by atoms with Gasteiger partial charge in [-0.3, -0.25) is 4.79 Å². The van der Waals surface area contributed by atoms with Crippen LogP contribution in [0.25, 0.3) is 22.8 Å². The molecule has 0 fully saturated rings. The van der Waals surface area contributed by atoms with Crippen LogP contribution >= 0.6 is 0 Å². The largest absolute Gasteiger partial charge is 0.491 e. The molecule has 170 valence electrons. The van der Waals surface area contributed by atoms with E-state index < -0.39 is 5.60 Å². The van der Waals surface area contributed by atoms with Gasteiger partial charge in [0.15, 0.2) is 0 Å². The van der Waals surface area contributed by atoms with Crippen molar-refractivity contribution >= 4 is 0 Å². The molecule has 0 atom stereocenters. The van der Waals surface area contributed by atoms with E-state index in [0.29, 0.717) is 23.8 Å². The Labute approximate surface area is 192 Å². The number of ether oxygens (including phenoxy) is 1. The second-order valence-corrected chi connectivity index (χ2v) is 8.76. The maximum atomic E-state index is 12.5. The van der Waals surface area contributed by atoms with Crippen molar-refractivity contribution in [2.45, 2.75) is 45.9 Å². The lowest BCUT2D eigenvalue weighted by atomic mass is 9.96. The Hall–Kier alpha value is -3.71. The average molecular weight is 446 g/mol. The molecule has 0 aliphatic rings. The van der Waals surface area contributed by atoms with Crippen LogP contribution in [0.1, 0.15) is 38.8 Å². The van der Waals surface area contributed by atoms with Crippen molar-refractivity contribution in [1.82, 2.24) is 14.7 Å². The second-order valence-electron chi connectivity index (χ2n) is 8.76. The van der Waals surface area contributed by atoms with Crippen molar-refractivity contribution in [3.8, 4) is 28.6 Å². The second kappa shape index (κ2) is 9.03. The Morgan fingerprint density at radius 3 is 2.48 bits per heavy atom. The quantitative estimate of drug-likeness (QED) is 0.446. The first-order valence-corrected chi connectivity index (χ1v) is 10.8. The Balaban J connectivity index is 1.57. The van der Waals surface area contributed by atoms with Gasteiger partial charge in [-0.15, -0.1) is 0 Å². The third-order valence-corrected chi connectivity index (χ3v) is 5.13. The minimum absolute atomic E-state index is 0.0964. The number of hydrogen-bond acceptors (Lipinski definition) is 6. The van der Waals surface area contributed by atoms with E-state index in [4.69, 9.17) is 9.26 Å². The molecule has 0 aliphatic heterocycles. The molecule has 0 unspecified atom stereocenters. The fraction of sp³-hybridized carbons (Fsp3) is 0.269. The van der Waals surface area contributed by atoms with E-state index in [1.54, 1.807) is 30.7 Å². The van der Waals surface area contributed by atoms with E-state index >= 15 is 0 Å². The number of aliphatic hydroxyl groups is 1. The molecule has 0 spiro atoms. The third-order valence-electron chi connectivity index (χ3n) is 5.13. The summed E-state index contributed by atoms with van der Waals surface area (Å²) in [5.74, 6) is 1.55. The highest BCUT2D eigenvalue weighted by atomic mass is 16.5. The Morgan fingerprint density at radius 2 is 1.79 bits per heavy atom. The maximum absolute atomic E-state index is 12.5. The summed E-state index contributed by atoms with van der Waals surface area (Å²) in [5, 5.41) is 14.4. The van der Waals surface area contributed by atoms with Gasteiger partial charge in [0.1, 0.15) is 5.75 Å². The van der Waals surface area contributed by atoms with Crippen LogP contribution in [0.3, 0.4) is 0 Å². The SMILES string of the molecule is CC(C)Oc1ccc(-c2nc(-c3ccc(=O)n(Cc4cccc(C(C)(C)O)c4)c3)no2)cc1. The topological polar surface area (TPSA) is 90.4 Å². The normalized spacial score (nSPS) is 11.7. The molecule has 4 aromatic rings. The summed E-state index contributed by atoms with van der Waals surface area (Å²) in [5.41, 5.74) is 2.05. The molecule has 2 aromatic heterocycles. The highest BCUT2D eigenvalue weighted by molar-refractivity contribution is 5.59. The van der Waals surface area contributed by atoms with Gasteiger partial charge in [-0.05, 0) is 69.2 Å². The number of aromatic nitrogens is 3. The molecule has 0 radical (unpaired) electrons. The van der Waals surface area contributed by atoms with Gasteiger partial charge in [0, 0.05) is 23.4 Å². The Bertz CT molecular complexity index is 1300. The highest BCUT2D eigenvalue weighted by Crippen LogP contribution is 2.25. The summed E-state index contributed by atoms with van der Waals surface area (Å²) in [4.78, 5) is 17.0. The lowest BCUT2D eigenvalue weighted by molar-refractivity contribution is 0.0785. The molecule has 2 heterocycles. The molecule has 1 N–H and O–H groups in total. The number of rotatable bonds is 7. The fourth-order valence-electron chi connectivity index (χ4n) is 3.44. The summed E-state index contributed by atoms with van der Waals surface area (Å²) in [6.45, 7) is 7.78. The lowest BCUT2D eigenvalue weighted by Crippen LogP contribution is -2.20. The van der Waals surface area contributed by atoms with Gasteiger partial charge in [0.25, 0.3) is 11.4 Å². The first-order valence-electron chi connectivity index (χ1n) is 10.8. The van der Waals surface area contributed by atoms with E-state index in [9.17, 15) is 9.90 Å². The van der Waals surface area contributed by atoms with Crippen molar-refractivity contribution in [2.24, 2.45) is 0 Å². The van der Waals surface area contributed by atoms with Crippen LogP contribution in [0, 0.1) is 0 Å². The number of hydrogen-bond donors (Lipinski definition) is 1. The van der Waals surface area contributed by atoms with Crippen LogP contribution in [0.2, 0.25) is 0 Å². The first-order chi connectivity index (χ1) is 15.7. The summed E-state index contributed by atoms with van der Waals surface area (Å²) >= 11 is 0. The number of pyridine rings is 1. The molecule has 7 heteroatoms. The van der Waals surface area contributed by atoms with Crippen LogP contribution in [0.4, 0.5) is 0 Å².